The van der Waals surface area contributed by atoms with Crippen molar-refractivity contribution >= 4 is 10.0 Å². The Balaban J connectivity index is 1.48. The lowest BCUT2D eigenvalue weighted by molar-refractivity contribution is 0.180. The van der Waals surface area contributed by atoms with Gasteiger partial charge in [0, 0.05) is 12.6 Å². The van der Waals surface area contributed by atoms with Crippen molar-refractivity contribution in [2.24, 2.45) is 5.92 Å². The Morgan fingerprint density at radius 1 is 0.964 bits per heavy atom. The van der Waals surface area contributed by atoms with Crippen molar-refractivity contribution < 1.29 is 21.9 Å². The zero-order valence-electron chi connectivity index (χ0n) is 15.5. The minimum atomic E-state index is -3.91. The van der Waals surface area contributed by atoms with Gasteiger partial charge in [-0.2, -0.15) is 4.31 Å². The summed E-state index contributed by atoms with van der Waals surface area (Å²) in [7, 11) is -3.91. The first kappa shape index (κ1) is 19.3. The van der Waals surface area contributed by atoms with Crippen LogP contribution in [0.5, 0.6) is 5.75 Å². The van der Waals surface area contributed by atoms with Crippen LogP contribution < -0.4 is 4.74 Å². The zero-order chi connectivity index (χ0) is 19.7. The number of hydrogen-bond donors (Lipinski definition) is 0. The van der Waals surface area contributed by atoms with Crippen LogP contribution in [-0.4, -0.2) is 25.4 Å². The minimum absolute atomic E-state index is 0.104. The van der Waals surface area contributed by atoms with E-state index >= 15 is 0 Å². The second-order valence-corrected chi connectivity index (χ2v) is 9.50. The predicted octanol–water partition coefficient (Wildman–Crippen LogP) is 4.50. The van der Waals surface area contributed by atoms with Gasteiger partial charge in [-0.05, 0) is 67.5 Å². The number of halogens is 2. The van der Waals surface area contributed by atoms with Gasteiger partial charge in [0.2, 0.25) is 10.0 Å². The number of nitrogens with zero attached hydrogens (tertiary/aromatic N) is 1. The van der Waals surface area contributed by atoms with Gasteiger partial charge in [0.05, 0.1) is 11.5 Å². The molecule has 0 aromatic heterocycles. The molecule has 2 aromatic carbocycles. The van der Waals surface area contributed by atoms with Gasteiger partial charge >= 0.3 is 0 Å². The molecule has 2 aromatic rings. The van der Waals surface area contributed by atoms with Crippen molar-refractivity contribution in [1.29, 1.82) is 0 Å². The van der Waals surface area contributed by atoms with E-state index in [-0.39, 0.29) is 17.5 Å². The molecule has 2 aliphatic carbocycles. The topological polar surface area (TPSA) is 46.6 Å². The first-order chi connectivity index (χ1) is 13.4. The van der Waals surface area contributed by atoms with E-state index in [1.165, 1.54) is 23.6 Å². The average Bonchev–Trinajstić information content (AvgIpc) is 3.46. The van der Waals surface area contributed by atoms with Gasteiger partial charge in [-0.25, -0.2) is 17.2 Å². The van der Waals surface area contributed by atoms with E-state index < -0.39 is 21.7 Å². The van der Waals surface area contributed by atoms with Crippen LogP contribution in [0.1, 0.15) is 37.7 Å². The van der Waals surface area contributed by atoms with Crippen LogP contribution in [0.15, 0.2) is 47.4 Å². The first-order valence-electron chi connectivity index (χ1n) is 9.62. The summed E-state index contributed by atoms with van der Waals surface area (Å²) in [4.78, 5) is -0.223. The highest BCUT2D eigenvalue weighted by molar-refractivity contribution is 7.89. The molecule has 0 saturated heterocycles. The molecular weight excluding hydrogens is 384 g/mol. The van der Waals surface area contributed by atoms with Gasteiger partial charge in [-0.15, -0.1) is 0 Å². The zero-order valence-corrected chi connectivity index (χ0v) is 16.3. The molecule has 0 aliphatic heterocycles. The Bertz CT molecular complexity index is 939. The maximum absolute atomic E-state index is 13.5. The number of rotatable bonds is 8. The molecule has 4 nitrogen and oxygen atoms in total. The lowest BCUT2D eigenvalue weighted by Crippen LogP contribution is -2.32. The summed E-state index contributed by atoms with van der Waals surface area (Å²) < 4.78 is 59.9. The fraction of sp³-hybridized carbons (Fsp3) is 0.429. The first-order valence-corrected chi connectivity index (χ1v) is 11.1. The van der Waals surface area contributed by atoms with E-state index in [2.05, 4.69) is 0 Å². The molecule has 150 valence electrons. The van der Waals surface area contributed by atoms with Crippen molar-refractivity contribution in [2.75, 3.05) is 6.61 Å². The Morgan fingerprint density at radius 2 is 1.68 bits per heavy atom. The molecule has 2 fully saturated rings. The molecule has 0 atom stereocenters. The van der Waals surface area contributed by atoms with Crippen molar-refractivity contribution in [1.82, 2.24) is 4.31 Å². The van der Waals surface area contributed by atoms with E-state index in [9.17, 15) is 17.2 Å². The Morgan fingerprint density at radius 3 is 2.25 bits per heavy atom. The summed E-state index contributed by atoms with van der Waals surface area (Å²) in [5, 5.41) is 0. The number of sulfonamides is 1. The Labute approximate surface area is 164 Å². The van der Waals surface area contributed by atoms with Crippen molar-refractivity contribution in [3.05, 3.63) is 59.7 Å². The molecule has 0 unspecified atom stereocenters. The fourth-order valence-electron chi connectivity index (χ4n) is 3.29. The second-order valence-electron chi connectivity index (χ2n) is 7.61. The monoisotopic (exact) mass is 407 g/mol. The van der Waals surface area contributed by atoms with Gasteiger partial charge < -0.3 is 4.74 Å². The van der Waals surface area contributed by atoms with Gasteiger partial charge in [0.1, 0.15) is 5.75 Å². The number of ether oxygens (including phenoxy) is 1. The molecule has 4 rings (SSSR count). The van der Waals surface area contributed by atoms with Crippen molar-refractivity contribution in [3.8, 4) is 5.75 Å². The molecule has 0 heterocycles. The van der Waals surface area contributed by atoms with E-state index in [0.29, 0.717) is 5.92 Å². The summed E-state index contributed by atoms with van der Waals surface area (Å²) in [5.74, 6) is -0.803. The SMILES string of the molecule is O=S(=O)(c1ccc(F)c(F)c1)N(Cc1ccc(OCC2CCC2)cc1)C1CC1. The van der Waals surface area contributed by atoms with E-state index in [0.717, 1.165) is 49.0 Å². The second kappa shape index (κ2) is 7.79. The molecular formula is C21H23F2NO3S. The van der Waals surface area contributed by atoms with Crippen LogP contribution in [0.4, 0.5) is 8.78 Å². The van der Waals surface area contributed by atoms with Crippen LogP contribution >= 0.6 is 0 Å². The smallest absolute Gasteiger partial charge is 0.243 e. The van der Waals surface area contributed by atoms with Gasteiger partial charge in [-0.3, -0.25) is 0 Å². The standard InChI is InChI=1S/C21H23F2NO3S/c22-20-11-10-19(12-21(20)23)28(25,26)24(17-6-7-17)13-15-4-8-18(9-5-15)27-14-16-2-1-3-16/h4-5,8-12,16-17H,1-3,6-7,13-14H2. The summed E-state index contributed by atoms with van der Waals surface area (Å²) >= 11 is 0. The molecule has 28 heavy (non-hydrogen) atoms. The maximum Gasteiger partial charge on any atom is 0.243 e. The van der Waals surface area contributed by atoms with Crippen LogP contribution in [0.25, 0.3) is 0 Å². The summed E-state index contributed by atoms with van der Waals surface area (Å²) in [6.45, 7) is 0.910. The molecule has 7 heteroatoms. The highest BCUT2D eigenvalue weighted by Crippen LogP contribution is 2.34. The maximum atomic E-state index is 13.5. The van der Waals surface area contributed by atoms with Gasteiger partial charge in [-0.1, -0.05) is 18.6 Å². The van der Waals surface area contributed by atoms with Crippen LogP contribution in [0, 0.1) is 17.6 Å². The third-order valence-electron chi connectivity index (χ3n) is 5.42. The van der Waals surface area contributed by atoms with Crippen molar-refractivity contribution in [2.45, 2.75) is 49.6 Å². The Hall–Kier alpha value is -1.99. The molecule has 0 bridgehead atoms. The molecule has 0 amide bonds. The molecule has 2 saturated carbocycles. The Kier molecular flexibility index (Phi) is 5.38. The van der Waals surface area contributed by atoms with Crippen LogP contribution in [0.2, 0.25) is 0 Å². The van der Waals surface area contributed by atoms with Gasteiger partial charge in [0.25, 0.3) is 0 Å². The van der Waals surface area contributed by atoms with Crippen LogP contribution in [-0.2, 0) is 16.6 Å². The predicted molar refractivity (Wildman–Crippen MR) is 101 cm³/mol. The number of benzene rings is 2. The lowest BCUT2D eigenvalue weighted by atomic mass is 9.86. The highest BCUT2D eigenvalue weighted by Gasteiger charge is 2.38. The largest absolute Gasteiger partial charge is 0.493 e. The van der Waals surface area contributed by atoms with Crippen LogP contribution in [0.3, 0.4) is 0 Å². The summed E-state index contributed by atoms with van der Waals surface area (Å²) in [6, 6.07) is 10.0. The van der Waals surface area contributed by atoms with Crippen molar-refractivity contribution in [3.63, 3.8) is 0 Å². The summed E-state index contributed by atoms with van der Waals surface area (Å²) in [5.41, 5.74) is 0.828. The quantitative estimate of drug-likeness (QED) is 0.647. The highest BCUT2D eigenvalue weighted by atomic mass is 32.2. The summed E-state index contributed by atoms with van der Waals surface area (Å²) in [6.07, 6.45) is 5.25. The number of hydrogen-bond acceptors (Lipinski definition) is 3. The van der Waals surface area contributed by atoms with E-state index in [1.807, 2.05) is 24.3 Å². The molecule has 0 spiro atoms. The molecule has 0 radical (unpaired) electrons. The molecule has 0 N–H and O–H groups in total. The average molecular weight is 407 g/mol. The third kappa shape index (κ3) is 4.20. The fourth-order valence-corrected chi connectivity index (χ4v) is 4.98. The van der Waals surface area contributed by atoms with E-state index in [1.54, 1.807) is 0 Å². The van der Waals surface area contributed by atoms with E-state index in [4.69, 9.17) is 4.74 Å². The third-order valence-corrected chi connectivity index (χ3v) is 7.32. The lowest BCUT2D eigenvalue weighted by Gasteiger charge is -2.25. The molecule has 2 aliphatic rings. The normalized spacial score (nSPS) is 17.5. The van der Waals surface area contributed by atoms with Gasteiger partial charge in [0.15, 0.2) is 11.6 Å². The minimum Gasteiger partial charge on any atom is -0.493 e.